The van der Waals surface area contributed by atoms with Crippen molar-refractivity contribution in [2.75, 3.05) is 0 Å². The van der Waals surface area contributed by atoms with Crippen molar-refractivity contribution in [2.24, 2.45) is 0 Å². The summed E-state index contributed by atoms with van der Waals surface area (Å²) >= 11 is 0. The molecule has 90 valence electrons. The number of carbonyl (C=O) groups is 1. The Labute approximate surface area is 99.2 Å². The third kappa shape index (κ3) is 1.90. The number of hydrogen-bond donors (Lipinski definition) is 1. The molecule has 0 unspecified atom stereocenters. The van der Waals surface area contributed by atoms with Crippen LogP contribution in [0.3, 0.4) is 0 Å². The van der Waals surface area contributed by atoms with Crippen molar-refractivity contribution in [3.05, 3.63) is 39.3 Å². The van der Waals surface area contributed by atoms with Crippen LogP contribution in [0.25, 0.3) is 5.70 Å². The Kier molecular flexibility index (Phi) is 2.88. The van der Waals surface area contributed by atoms with Crippen LogP contribution in [0, 0.1) is 13.8 Å². The summed E-state index contributed by atoms with van der Waals surface area (Å²) in [5.74, 6) is -1.15. The maximum atomic E-state index is 12.2. The van der Waals surface area contributed by atoms with Crippen molar-refractivity contribution in [2.45, 2.75) is 33.1 Å². The number of hydrogen-bond acceptors (Lipinski definition) is 2. The molecule has 0 radical (unpaired) electrons. The number of carboxylic acid groups (broad SMARTS) is 1. The average Bonchev–Trinajstić information content (AvgIpc) is 2.69. The molecule has 2 rings (SSSR count). The number of nitrogens with zero attached hydrogens (tertiary/aromatic N) is 1. The second-order valence-corrected chi connectivity index (χ2v) is 4.38. The second kappa shape index (κ2) is 4.20. The van der Waals surface area contributed by atoms with Crippen molar-refractivity contribution in [3.63, 3.8) is 0 Å². The molecule has 0 spiro atoms. The van der Waals surface area contributed by atoms with E-state index in [2.05, 4.69) is 0 Å². The SMILES string of the molecule is Cc1cc(C)n(C2=CCCC2)c(=O)c1C(=O)O. The summed E-state index contributed by atoms with van der Waals surface area (Å²) in [6.45, 7) is 3.49. The van der Waals surface area contributed by atoms with Gasteiger partial charge in [-0.1, -0.05) is 6.08 Å². The van der Waals surface area contributed by atoms with Crippen molar-refractivity contribution >= 4 is 11.7 Å². The summed E-state index contributed by atoms with van der Waals surface area (Å²) in [5, 5.41) is 9.07. The van der Waals surface area contributed by atoms with E-state index in [-0.39, 0.29) is 5.56 Å². The third-order valence-electron chi connectivity index (χ3n) is 3.11. The van der Waals surface area contributed by atoms with Crippen molar-refractivity contribution in [1.82, 2.24) is 4.57 Å². The van der Waals surface area contributed by atoms with Gasteiger partial charge in [-0.15, -0.1) is 0 Å². The highest BCUT2D eigenvalue weighted by Crippen LogP contribution is 2.22. The van der Waals surface area contributed by atoms with Crippen LogP contribution in [0.5, 0.6) is 0 Å². The van der Waals surface area contributed by atoms with E-state index in [4.69, 9.17) is 5.11 Å². The Balaban J connectivity index is 2.72. The number of aromatic carboxylic acids is 1. The monoisotopic (exact) mass is 233 g/mol. The van der Waals surface area contributed by atoms with Gasteiger partial charge in [0.1, 0.15) is 5.56 Å². The molecule has 1 aromatic heterocycles. The van der Waals surface area contributed by atoms with E-state index in [1.807, 2.05) is 13.0 Å². The van der Waals surface area contributed by atoms with Crippen molar-refractivity contribution in [3.8, 4) is 0 Å². The van der Waals surface area contributed by atoms with Gasteiger partial charge in [0, 0.05) is 11.4 Å². The molecule has 1 aromatic rings. The van der Waals surface area contributed by atoms with E-state index in [1.165, 1.54) is 4.57 Å². The molecule has 0 bridgehead atoms. The zero-order valence-corrected chi connectivity index (χ0v) is 9.99. The van der Waals surface area contributed by atoms with Crippen molar-refractivity contribution < 1.29 is 9.90 Å². The van der Waals surface area contributed by atoms with Crippen LogP contribution in [0.4, 0.5) is 0 Å². The zero-order valence-electron chi connectivity index (χ0n) is 9.99. The molecule has 1 aliphatic rings. The highest BCUT2D eigenvalue weighted by Gasteiger charge is 2.19. The molecule has 1 aliphatic carbocycles. The van der Waals surface area contributed by atoms with Crippen LogP contribution < -0.4 is 5.56 Å². The lowest BCUT2D eigenvalue weighted by molar-refractivity contribution is 0.0694. The van der Waals surface area contributed by atoms with Gasteiger partial charge in [0.15, 0.2) is 0 Å². The van der Waals surface area contributed by atoms with Gasteiger partial charge in [-0.05, 0) is 44.7 Å². The minimum atomic E-state index is -1.15. The first-order valence-electron chi connectivity index (χ1n) is 5.68. The molecule has 4 heteroatoms. The summed E-state index contributed by atoms with van der Waals surface area (Å²) in [5.41, 5.74) is 1.71. The molecule has 0 aliphatic heterocycles. The van der Waals surface area contributed by atoms with E-state index in [0.717, 1.165) is 30.7 Å². The number of pyridine rings is 1. The van der Waals surface area contributed by atoms with Gasteiger partial charge >= 0.3 is 5.97 Å². The van der Waals surface area contributed by atoms with Gasteiger partial charge in [-0.3, -0.25) is 9.36 Å². The maximum absolute atomic E-state index is 12.2. The van der Waals surface area contributed by atoms with Gasteiger partial charge in [0.25, 0.3) is 5.56 Å². The third-order valence-corrected chi connectivity index (χ3v) is 3.11. The van der Waals surface area contributed by atoms with Gasteiger partial charge < -0.3 is 5.11 Å². The lowest BCUT2D eigenvalue weighted by Gasteiger charge is -2.13. The highest BCUT2D eigenvalue weighted by molar-refractivity contribution is 5.89. The molecule has 4 nitrogen and oxygen atoms in total. The molecule has 1 N–H and O–H groups in total. The van der Waals surface area contributed by atoms with Crippen LogP contribution in [0.15, 0.2) is 16.9 Å². The van der Waals surface area contributed by atoms with Gasteiger partial charge in [-0.25, -0.2) is 4.79 Å². The first kappa shape index (κ1) is 11.6. The van der Waals surface area contributed by atoms with Gasteiger partial charge in [-0.2, -0.15) is 0 Å². The predicted molar refractivity (Wildman–Crippen MR) is 65.3 cm³/mol. The lowest BCUT2D eigenvalue weighted by atomic mass is 10.1. The second-order valence-electron chi connectivity index (χ2n) is 4.38. The lowest BCUT2D eigenvalue weighted by Crippen LogP contribution is -2.28. The predicted octanol–water partition coefficient (Wildman–Crippen LogP) is 2.19. The topological polar surface area (TPSA) is 59.3 Å². The molecule has 1 heterocycles. The Morgan fingerprint density at radius 2 is 2.12 bits per heavy atom. The molecular weight excluding hydrogens is 218 g/mol. The fourth-order valence-corrected chi connectivity index (χ4v) is 2.36. The Hall–Kier alpha value is -1.84. The fourth-order valence-electron chi connectivity index (χ4n) is 2.36. The van der Waals surface area contributed by atoms with Crippen LogP contribution in [0.1, 0.15) is 40.9 Å². The first-order valence-corrected chi connectivity index (χ1v) is 5.68. The molecule has 0 aromatic carbocycles. The molecule has 0 saturated heterocycles. The Morgan fingerprint density at radius 1 is 1.41 bits per heavy atom. The minimum Gasteiger partial charge on any atom is -0.477 e. The van der Waals surface area contributed by atoms with Crippen LogP contribution in [0.2, 0.25) is 0 Å². The van der Waals surface area contributed by atoms with E-state index < -0.39 is 11.5 Å². The summed E-state index contributed by atoms with van der Waals surface area (Å²) in [7, 11) is 0. The van der Waals surface area contributed by atoms with Gasteiger partial charge in [0.2, 0.25) is 0 Å². The maximum Gasteiger partial charge on any atom is 0.341 e. The number of rotatable bonds is 2. The summed E-state index contributed by atoms with van der Waals surface area (Å²) < 4.78 is 1.53. The summed E-state index contributed by atoms with van der Waals surface area (Å²) in [6, 6.07) is 1.75. The standard InChI is InChI=1S/C13H15NO3/c1-8-7-9(2)14(10-5-3-4-6-10)12(15)11(8)13(16)17/h5,7H,3-4,6H2,1-2H3,(H,16,17). The largest absolute Gasteiger partial charge is 0.477 e. The van der Waals surface area contributed by atoms with E-state index >= 15 is 0 Å². The quantitative estimate of drug-likeness (QED) is 0.851. The van der Waals surface area contributed by atoms with E-state index in [0.29, 0.717) is 5.56 Å². The first-order chi connectivity index (χ1) is 8.02. The molecule has 17 heavy (non-hydrogen) atoms. The summed E-state index contributed by atoms with van der Waals surface area (Å²) in [6.07, 6.45) is 4.83. The number of aryl methyl sites for hydroxylation is 2. The summed E-state index contributed by atoms with van der Waals surface area (Å²) in [4.78, 5) is 23.3. The molecule has 0 fully saturated rings. The van der Waals surface area contributed by atoms with E-state index in [9.17, 15) is 9.59 Å². The molecule has 0 amide bonds. The van der Waals surface area contributed by atoms with Crippen LogP contribution in [-0.2, 0) is 0 Å². The van der Waals surface area contributed by atoms with Crippen LogP contribution >= 0.6 is 0 Å². The Bertz CT molecular complexity index is 567. The highest BCUT2D eigenvalue weighted by atomic mass is 16.4. The number of carboxylic acids is 1. The van der Waals surface area contributed by atoms with E-state index in [1.54, 1.807) is 13.0 Å². The number of aromatic nitrogens is 1. The smallest absolute Gasteiger partial charge is 0.341 e. The zero-order chi connectivity index (χ0) is 12.6. The number of allylic oxidation sites excluding steroid dienone is 2. The van der Waals surface area contributed by atoms with Crippen molar-refractivity contribution in [1.29, 1.82) is 0 Å². The average molecular weight is 233 g/mol. The Morgan fingerprint density at radius 3 is 2.65 bits per heavy atom. The molecule has 0 atom stereocenters. The van der Waals surface area contributed by atoms with Gasteiger partial charge in [0.05, 0.1) is 0 Å². The normalized spacial score (nSPS) is 14.8. The molecular formula is C13H15NO3. The van der Waals surface area contributed by atoms with Crippen LogP contribution in [-0.4, -0.2) is 15.6 Å². The minimum absolute atomic E-state index is 0.122. The molecule has 0 saturated carbocycles. The fraction of sp³-hybridized carbons (Fsp3) is 0.385.